The zero-order chi connectivity index (χ0) is 26.2. The third-order valence-corrected chi connectivity index (χ3v) is 6.52. The van der Waals surface area contributed by atoms with Gasteiger partial charge in [-0.2, -0.15) is 20.4 Å². The van der Waals surface area contributed by atoms with Crippen LogP contribution in [-0.2, 0) is 0 Å². The van der Waals surface area contributed by atoms with E-state index >= 15 is 0 Å². The highest BCUT2D eigenvalue weighted by atomic mass is 15.2. The Kier molecular flexibility index (Phi) is 3.94. The number of hydrogen-bond donors (Lipinski definition) is 2. The van der Waals surface area contributed by atoms with Crippen LogP contribution in [0.3, 0.4) is 0 Å². The Morgan fingerprint density at radius 3 is 1.32 bits per heavy atom. The lowest BCUT2D eigenvalue weighted by atomic mass is 10.2. The van der Waals surface area contributed by atoms with Crippen LogP contribution in [0.1, 0.15) is 0 Å². The van der Waals surface area contributed by atoms with Crippen LogP contribution in [0.5, 0.6) is 0 Å². The van der Waals surface area contributed by atoms with Gasteiger partial charge in [-0.05, 0) is 24.3 Å². The molecule has 7 aromatic rings. The summed E-state index contributed by atoms with van der Waals surface area (Å²) in [6, 6.07) is 7.15. The molecule has 0 amide bonds. The average Bonchev–Trinajstić information content (AvgIpc) is 3.73. The second-order valence-electron chi connectivity index (χ2n) is 8.78. The van der Waals surface area contributed by atoms with Crippen molar-refractivity contribution in [1.82, 2.24) is 80.7 Å². The van der Waals surface area contributed by atoms with Gasteiger partial charge in [0.15, 0.2) is 34.6 Å². The largest absolute Gasteiger partial charge is 0.322 e. The van der Waals surface area contributed by atoms with Gasteiger partial charge in [-0.3, -0.25) is 0 Å². The Morgan fingerprint density at radius 1 is 0.400 bits per heavy atom. The summed E-state index contributed by atoms with van der Waals surface area (Å²) in [4.78, 5) is 35.1. The van der Waals surface area contributed by atoms with Gasteiger partial charge >= 0.3 is 0 Å². The zero-order valence-electron chi connectivity index (χ0n) is 19.9. The van der Waals surface area contributed by atoms with E-state index in [4.69, 9.17) is 29.9 Å². The van der Waals surface area contributed by atoms with Gasteiger partial charge in [-0.25, -0.2) is 29.9 Å². The van der Waals surface area contributed by atoms with Crippen molar-refractivity contribution in [2.24, 2.45) is 0 Å². The van der Waals surface area contributed by atoms with E-state index in [0.29, 0.717) is 90.2 Å². The van der Waals surface area contributed by atoms with E-state index in [0.717, 1.165) is 0 Å². The molecule has 0 saturated carbocycles. The van der Waals surface area contributed by atoms with Crippen LogP contribution >= 0.6 is 0 Å². The first-order valence-electron chi connectivity index (χ1n) is 11.9. The summed E-state index contributed by atoms with van der Waals surface area (Å²) in [6.45, 7) is 0. The Balaban J connectivity index is 1.51. The number of H-pyrrole nitrogens is 2. The van der Waals surface area contributed by atoms with Crippen molar-refractivity contribution in [2.75, 3.05) is 0 Å². The first kappa shape index (κ1) is 20.7. The number of hydrogen-bond acceptors (Lipinski definition) is 14. The van der Waals surface area contributed by atoms with Crippen molar-refractivity contribution in [3.63, 3.8) is 0 Å². The second kappa shape index (κ2) is 7.60. The van der Waals surface area contributed by atoms with Crippen molar-refractivity contribution in [1.29, 1.82) is 0 Å². The summed E-state index contributed by atoms with van der Waals surface area (Å²) < 4.78 is 0. The number of rotatable bonds is 0. The smallest absolute Gasteiger partial charge is 0.185 e. The summed E-state index contributed by atoms with van der Waals surface area (Å²) in [5, 5.41) is 34.7. The van der Waals surface area contributed by atoms with Crippen molar-refractivity contribution >= 4 is 44.4 Å². The van der Waals surface area contributed by atoms with Crippen LogP contribution in [0, 0.1) is 0 Å². The lowest BCUT2D eigenvalue weighted by molar-refractivity contribution is 1.03. The van der Waals surface area contributed by atoms with Gasteiger partial charge in [-0.15, -0.1) is 20.4 Å². The Hall–Kier alpha value is -6.32. The van der Waals surface area contributed by atoms with Crippen LogP contribution in [0.4, 0.5) is 0 Å². The molecular formula is C24H10N16. The standard InChI is InChI=1S/C24H10N16/c1-5-25-37-13-9(1)17-29-21(13)34-18-11-3-7-27-39-15(11)23(31-18)36-20-12-4-8-28-40-16(12)24(32-20)35-19-10-2-6-26-38-14(10)22(30-19)33-17/h1-8H,(H2,29,30,31,32,33,34,35,36). The molecule has 2 aliphatic rings. The van der Waals surface area contributed by atoms with Crippen LogP contribution in [0.2, 0.25) is 0 Å². The first-order chi connectivity index (χ1) is 19.8. The molecule has 0 atom stereocenters. The summed E-state index contributed by atoms with van der Waals surface area (Å²) in [6.07, 6.45) is 6.31. The van der Waals surface area contributed by atoms with E-state index in [-0.39, 0.29) is 0 Å². The van der Waals surface area contributed by atoms with E-state index in [1.54, 1.807) is 49.1 Å². The quantitative estimate of drug-likeness (QED) is 0.292. The van der Waals surface area contributed by atoms with E-state index in [1.165, 1.54) is 0 Å². The fourth-order valence-corrected chi connectivity index (χ4v) is 4.74. The number of aromatic nitrogens is 16. The number of nitrogens with one attached hydrogen (secondary N) is 2. The summed E-state index contributed by atoms with van der Waals surface area (Å²) in [5.74, 6) is 1.40. The van der Waals surface area contributed by atoms with Gasteiger partial charge in [0.2, 0.25) is 0 Å². The highest BCUT2D eigenvalue weighted by molar-refractivity contribution is 6.03. The van der Waals surface area contributed by atoms with Crippen molar-refractivity contribution < 1.29 is 0 Å². The molecule has 186 valence electrons. The highest BCUT2D eigenvalue weighted by Gasteiger charge is 2.24. The molecule has 2 aliphatic heterocycles. The van der Waals surface area contributed by atoms with Gasteiger partial charge in [0, 0.05) is 0 Å². The van der Waals surface area contributed by atoms with Crippen LogP contribution in [0.15, 0.2) is 49.1 Å². The minimum absolute atomic E-state index is 0.321. The lowest BCUT2D eigenvalue weighted by Gasteiger charge is -1.94. The highest BCUT2D eigenvalue weighted by Crippen LogP contribution is 2.34. The average molecular weight is 522 g/mol. The SMILES string of the molecule is c1cc2c(nn1)-c1nc-2nc2[nH]c(nc3nc(nc4[nH]c(n1)c1ccnnc41)-c1ccnnc1-3)c1ccnnc21. The zero-order valence-corrected chi connectivity index (χ0v) is 19.9. The van der Waals surface area contributed by atoms with E-state index in [1.807, 2.05) is 0 Å². The molecule has 9 rings (SSSR count). The fourth-order valence-electron chi connectivity index (χ4n) is 4.74. The van der Waals surface area contributed by atoms with Crippen LogP contribution < -0.4 is 0 Å². The fraction of sp³-hybridized carbons (Fsp3) is 0. The van der Waals surface area contributed by atoms with Gasteiger partial charge in [-0.1, -0.05) is 0 Å². The Bertz CT molecular complexity index is 2040. The predicted molar refractivity (Wildman–Crippen MR) is 138 cm³/mol. The predicted octanol–water partition coefficient (Wildman–Crippen LogP) is 2.03. The molecule has 0 fully saturated rings. The molecule has 16 nitrogen and oxygen atoms in total. The maximum absolute atomic E-state index is 4.79. The molecule has 7 aromatic heterocycles. The van der Waals surface area contributed by atoms with Crippen molar-refractivity contribution in [3.05, 3.63) is 49.1 Å². The minimum Gasteiger partial charge on any atom is -0.322 e. The minimum atomic E-state index is 0.321. The topological polar surface area (TPSA) is 212 Å². The van der Waals surface area contributed by atoms with Crippen molar-refractivity contribution in [3.8, 4) is 45.8 Å². The summed E-state index contributed by atoms with van der Waals surface area (Å²) in [7, 11) is 0. The van der Waals surface area contributed by atoms with E-state index in [2.05, 4.69) is 50.8 Å². The molecule has 0 aromatic carbocycles. The normalized spacial score (nSPS) is 12.0. The van der Waals surface area contributed by atoms with Gasteiger partial charge in [0.05, 0.1) is 46.7 Å². The van der Waals surface area contributed by atoms with Crippen molar-refractivity contribution in [2.45, 2.75) is 0 Å². The maximum Gasteiger partial charge on any atom is 0.185 e. The molecule has 9 heterocycles. The second-order valence-corrected chi connectivity index (χ2v) is 8.78. The Labute approximate surface area is 220 Å². The molecule has 0 radical (unpaired) electrons. The maximum atomic E-state index is 4.79. The lowest BCUT2D eigenvalue weighted by Crippen LogP contribution is -1.88. The molecule has 16 heteroatoms. The van der Waals surface area contributed by atoms with Crippen LogP contribution in [-0.4, -0.2) is 80.7 Å². The Morgan fingerprint density at radius 2 is 0.825 bits per heavy atom. The van der Waals surface area contributed by atoms with E-state index < -0.39 is 0 Å². The van der Waals surface area contributed by atoms with Crippen LogP contribution in [0.25, 0.3) is 90.2 Å². The molecule has 0 aliphatic carbocycles. The van der Waals surface area contributed by atoms with E-state index in [9.17, 15) is 0 Å². The van der Waals surface area contributed by atoms with Gasteiger partial charge in [0.1, 0.15) is 33.7 Å². The molecular weight excluding hydrogens is 512 g/mol. The number of nitrogens with zero attached hydrogens (tertiary/aromatic N) is 14. The summed E-state index contributed by atoms with van der Waals surface area (Å²) >= 11 is 0. The monoisotopic (exact) mass is 522 g/mol. The molecule has 0 saturated heterocycles. The molecule has 0 spiro atoms. The summed E-state index contributed by atoms with van der Waals surface area (Å²) in [5.41, 5.74) is 5.04. The molecule has 2 N–H and O–H groups in total. The number of fused-ring (bicyclic) bond motifs is 20. The molecule has 8 bridgehead atoms. The number of aromatic amines is 2. The molecule has 40 heavy (non-hydrogen) atoms. The third-order valence-electron chi connectivity index (χ3n) is 6.52. The first-order valence-corrected chi connectivity index (χ1v) is 11.9. The molecule has 0 unspecified atom stereocenters. The third kappa shape index (κ3) is 2.88. The van der Waals surface area contributed by atoms with Gasteiger partial charge < -0.3 is 9.97 Å². The van der Waals surface area contributed by atoms with Gasteiger partial charge in [0.25, 0.3) is 0 Å².